The van der Waals surface area contributed by atoms with E-state index in [4.69, 9.17) is 0 Å². The van der Waals surface area contributed by atoms with Gasteiger partial charge in [0, 0.05) is 12.1 Å². The maximum absolute atomic E-state index is 12.3. The van der Waals surface area contributed by atoms with E-state index >= 15 is 0 Å². The molecule has 2 rings (SSSR count). The number of likely N-dealkylation sites (tertiary alicyclic amines) is 1. The van der Waals surface area contributed by atoms with Crippen LogP contribution in [-0.4, -0.2) is 58.2 Å². The molecule has 1 saturated heterocycles. The summed E-state index contributed by atoms with van der Waals surface area (Å²) < 4.78 is 25.0. The summed E-state index contributed by atoms with van der Waals surface area (Å²) in [6.07, 6.45) is 8.82. The second kappa shape index (κ2) is 10.5. The zero-order valence-electron chi connectivity index (χ0n) is 16.2. The monoisotopic (exact) mass is 393 g/mol. The predicted octanol–water partition coefficient (Wildman–Crippen LogP) is 2.63. The molecule has 0 aromatic heterocycles. The first-order valence-corrected chi connectivity index (χ1v) is 11.5. The number of carbonyl (C=O) groups is 1. The summed E-state index contributed by atoms with van der Waals surface area (Å²) in [7, 11) is -3.39. The third kappa shape index (κ3) is 6.99. The second-order valence-electron chi connectivity index (χ2n) is 6.99. The molecule has 27 heavy (non-hydrogen) atoms. The quantitative estimate of drug-likeness (QED) is 0.517. The molecule has 1 N–H and O–H groups in total. The van der Waals surface area contributed by atoms with Gasteiger partial charge in [0.15, 0.2) is 0 Å². The molecule has 1 amide bonds. The fourth-order valence-electron chi connectivity index (χ4n) is 3.30. The fraction of sp³-hybridized carbons (Fsp3) is 0.550. The Balaban J connectivity index is 1.83. The Morgan fingerprint density at radius 3 is 2.37 bits per heavy atom. The molecule has 6 nitrogen and oxygen atoms in total. The largest absolute Gasteiger partial charge is 0.352 e. The van der Waals surface area contributed by atoms with Crippen LogP contribution < -0.4 is 9.62 Å². The molecule has 0 bridgehead atoms. The van der Waals surface area contributed by atoms with Gasteiger partial charge in [-0.25, -0.2) is 8.42 Å². The standard InChI is InChI=1S/C20H31N3O3S/c1-3-14-23(27(2,25)26)19-11-9-18(10-12-19)20(24)21-13-8-17-22-15-6-4-5-7-16-22/h3,9-12H,1,4-8,13-17H2,2H3,(H,21,24). The molecule has 1 fully saturated rings. The highest BCUT2D eigenvalue weighted by Crippen LogP contribution is 2.18. The Labute approximate surface area is 163 Å². The van der Waals surface area contributed by atoms with E-state index in [1.54, 1.807) is 24.3 Å². The first-order chi connectivity index (χ1) is 12.9. The topological polar surface area (TPSA) is 69.7 Å². The molecule has 150 valence electrons. The normalized spacial score (nSPS) is 15.7. The van der Waals surface area contributed by atoms with E-state index in [9.17, 15) is 13.2 Å². The van der Waals surface area contributed by atoms with Crippen LogP contribution in [0, 0.1) is 0 Å². The summed E-state index contributed by atoms with van der Waals surface area (Å²) >= 11 is 0. The van der Waals surface area contributed by atoms with Crippen molar-refractivity contribution in [2.45, 2.75) is 32.1 Å². The van der Waals surface area contributed by atoms with Gasteiger partial charge in [-0.2, -0.15) is 0 Å². The lowest BCUT2D eigenvalue weighted by Crippen LogP contribution is -2.31. The highest BCUT2D eigenvalue weighted by Gasteiger charge is 2.16. The Bertz CT molecular complexity index is 708. The minimum absolute atomic E-state index is 0.132. The van der Waals surface area contributed by atoms with E-state index in [2.05, 4.69) is 16.8 Å². The molecule has 1 aliphatic rings. The number of nitrogens with zero attached hydrogens (tertiary/aromatic N) is 2. The number of rotatable bonds is 9. The van der Waals surface area contributed by atoms with Crippen LogP contribution in [0.1, 0.15) is 42.5 Å². The van der Waals surface area contributed by atoms with E-state index in [-0.39, 0.29) is 12.5 Å². The summed E-state index contributed by atoms with van der Waals surface area (Å²) in [4.78, 5) is 14.8. The van der Waals surface area contributed by atoms with Crippen LogP contribution in [0.5, 0.6) is 0 Å². The average molecular weight is 394 g/mol. The zero-order valence-corrected chi connectivity index (χ0v) is 17.0. The highest BCUT2D eigenvalue weighted by atomic mass is 32.2. The molecule has 0 saturated carbocycles. The number of amides is 1. The number of hydrogen-bond acceptors (Lipinski definition) is 4. The third-order valence-electron chi connectivity index (χ3n) is 4.75. The first-order valence-electron chi connectivity index (χ1n) is 9.61. The number of carbonyl (C=O) groups excluding carboxylic acids is 1. The Kier molecular flexibility index (Phi) is 8.31. The van der Waals surface area contributed by atoms with Crippen molar-refractivity contribution < 1.29 is 13.2 Å². The summed E-state index contributed by atoms with van der Waals surface area (Å²) in [6.45, 7) is 7.77. The van der Waals surface area contributed by atoms with E-state index in [1.807, 2.05) is 0 Å². The van der Waals surface area contributed by atoms with Gasteiger partial charge in [0.25, 0.3) is 5.91 Å². The van der Waals surface area contributed by atoms with Crippen molar-refractivity contribution >= 4 is 21.6 Å². The summed E-state index contributed by atoms with van der Waals surface area (Å²) in [6, 6.07) is 6.61. The lowest BCUT2D eigenvalue weighted by atomic mass is 10.2. The number of sulfonamides is 1. The molecule has 0 aliphatic carbocycles. The number of benzene rings is 1. The molecule has 0 unspecified atom stereocenters. The van der Waals surface area contributed by atoms with Gasteiger partial charge in [0.2, 0.25) is 10.0 Å². The van der Waals surface area contributed by atoms with Gasteiger partial charge in [0.1, 0.15) is 0 Å². The van der Waals surface area contributed by atoms with E-state index in [0.717, 1.165) is 32.3 Å². The third-order valence-corrected chi connectivity index (χ3v) is 5.91. The Morgan fingerprint density at radius 1 is 1.19 bits per heavy atom. The second-order valence-corrected chi connectivity index (χ2v) is 8.90. The van der Waals surface area contributed by atoms with Crippen LogP contribution in [0.3, 0.4) is 0 Å². The molecule has 1 aliphatic heterocycles. The van der Waals surface area contributed by atoms with Gasteiger partial charge in [-0.1, -0.05) is 18.9 Å². The van der Waals surface area contributed by atoms with Crippen LogP contribution in [0.15, 0.2) is 36.9 Å². The van der Waals surface area contributed by atoms with Gasteiger partial charge < -0.3 is 10.2 Å². The van der Waals surface area contributed by atoms with Gasteiger partial charge >= 0.3 is 0 Å². The smallest absolute Gasteiger partial charge is 0.251 e. The molecule has 0 atom stereocenters. The maximum atomic E-state index is 12.3. The lowest BCUT2D eigenvalue weighted by Gasteiger charge is -2.21. The van der Waals surface area contributed by atoms with Gasteiger partial charge in [0.05, 0.1) is 18.5 Å². The highest BCUT2D eigenvalue weighted by molar-refractivity contribution is 7.92. The molecule has 7 heteroatoms. The van der Waals surface area contributed by atoms with Crippen molar-refractivity contribution in [1.29, 1.82) is 0 Å². The zero-order chi connectivity index (χ0) is 19.7. The van der Waals surface area contributed by atoms with Crippen LogP contribution >= 0.6 is 0 Å². The molecular formula is C20H31N3O3S. The minimum atomic E-state index is -3.39. The minimum Gasteiger partial charge on any atom is -0.352 e. The average Bonchev–Trinajstić information content (AvgIpc) is 2.91. The Hall–Kier alpha value is -1.86. The van der Waals surface area contributed by atoms with Crippen LogP contribution in [-0.2, 0) is 10.0 Å². The van der Waals surface area contributed by atoms with Gasteiger partial charge in [-0.05, 0) is 63.2 Å². The number of hydrogen-bond donors (Lipinski definition) is 1. The summed E-state index contributed by atoms with van der Waals surface area (Å²) in [5.74, 6) is -0.132. The fourth-order valence-corrected chi connectivity index (χ4v) is 4.18. The van der Waals surface area contributed by atoms with Crippen LogP contribution in [0.4, 0.5) is 5.69 Å². The van der Waals surface area contributed by atoms with Crippen molar-refractivity contribution in [2.24, 2.45) is 0 Å². The van der Waals surface area contributed by atoms with E-state index in [1.165, 1.54) is 36.1 Å². The first kappa shape index (κ1) is 21.4. The number of nitrogens with one attached hydrogen (secondary N) is 1. The van der Waals surface area contributed by atoms with Crippen molar-refractivity contribution in [3.63, 3.8) is 0 Å². The number of anilines is 1. The maximum Gasteiger partial charge on any atom is 0.251 e. The SMILES string of the molecule is C=CCN(c1ccc(C(=O)NCCCN2CCCCCC2)cc1)S(C)(=O)=O. The molecular weight excluding hydrogens is 362 g/mol. The van der Waals surface area contributed by atoms with Crippen molar-refractivity contribution in [3.05, 3.63) is 42.5 Å². The predicted molar refractivity (Wildman–Crippen MR) is 111 cm³/mol. The van der Waals surface area contributed by atoms with Crippen molar-refractivity contribution in [2.75, 3.05) is 43.3 Å². The molecule has 1 heterocycles. The molecule has 0 spiro atoms. The Morgan fingerprint density at radius 2 is 1.81 bits per heavy atom. The van der Waals surface area contributed by atoms with Crippen LogP contribution in [0.2, 0.25) is 0 Å². The van der Waals surface area contributed by atoms with E-state index in [0.29, 0.717) is 17.8 Å². The van der Waals surface area contributed by atoms with Crippen molar-refractivity contribution in [3.8, 4) is 0 Å². The summed E-state index contributed by atoms with van der Waals surface area (Å²) in [5, 5.41) is 2.94. The van der Waals surface area contributed by atoms with Crippen LogP contribution in [0.25, 0.3) is 0 Å². The summed E-state index contributed by atoms with van der Waals surface area (Å²) in [5.41, 5.74) is 1.05. The van der Waals surface area contributed by atoms with Gasteiger partial charge in [-0.3, -0.25) is 9.10 Å². The van der Waals surface area contributed by atoms with E-state index < -0.39 is 10.0 Å². The molecule has 1 aromatic rings. The van der Waals surface area contributed by atoms with Gasteiger partial charge in [-0.15, -0.1) is 6.58 Å². The van der Waals surface area contributed by atoms with Crippen molar-refractivity contribution in [1.82, 2.24) is 10.2 Å². The molecule has 0 radical (unpaired) electrons. The molecule has 1 aromatic carbocycles. The lowest BCUT2D eigenvalue weighted by molar-refractivity contribution is 0.0951.